The van der Waals surface area contributed by atoms with Gasteiger partial charge >= 0.3 is 0 Å². The van der Waals surface area contributed by atoms with Crippen LogP contribution in [-0.4, -0.2) is 36.1 Å². The Labute approximate surface area is 148 Å². The van der Waals surface area contributed by atoms with Crippen LogP contribution in [0.4, 0.5) is 0 Å². The first-order chi connectivity index (χ1) is 12.3. The zero-order chi connectivity index (χ0) is 17.5. The van der Waals surface area contributed by atoms with Crippen LogP contribution in [0.15, 0.2) is 67.0 Å². The molecule has 0 saturated carbocycles. The summed E-state index contributed by atoms with van der Waals surface area (Å²) in [7, 11) is 1.65. The molecule has 0 aliphatic heterocycles. The summed E-state index contributed by atoms with van der Waals surface area (Å²) in [5.74, 6) is 0.102. The van der Waals surface area contributed by atoms with Crippen molar-refractivity contribution in [2.45, 2.75) is 13.0 Å². The Morgan fingerprint density at radius 3 is 2.60 bits per heavy atom. The Morgan fingerprint density at radius 1 is 1.04 bits per heavy atom. The Bertz CT molecular complexity index is 828. The minimum atomic E-state index is 0.102. The number of fused-ring (bicyclic) bond motifs is 1. The molecular weight excluding hydrogens is 312 g/mol. The van der Waals surface area contributed by atoms with Gasteiger partial charge in [-0.15, -0.1) is 0 Å². The number of nitrogens with zero attached hydrogens (tertiary/aromatic N) is 2. The predicted molar refractivity (Wildman–Crippen MR) is 99.2 cm³/mol. The molecule has 1 aromatic heterocycles. The number of hydrogen-bond acceptors (Lipinski definition) is 3. The molecule has 2 aromatic carbocycles. The topological polar surface area (TPSA) is 42.4 Å². The van der Waals surface area contributed by atoms with E-state index in [2.05, 4.69) is 23.2 Å². The Hall–Kier alpha value is -2.72. The normalized spacial score (nSPS) is 10.8. The molecule has 128 valence electrons. The molecule has 4 heteroatoms. The molecule has 4 nitrogen and oxygen atoms in total. The second-order valence-electron chi connectivity index (χ2n) is 5.98. The van der Waals surface area contributed by atoms with Crippen LogP contribution in [0, 0.1) is 0 Å². The first-order valence-corrected chi connectivity index (χ1v) is 8.40. The lowest BCUT2D eigenvalue weighted by Crippen LogP contribution is -2.34. The van der Waals surface area contributed by atoms with E-state index in [1.165, 1.54) is 0 Å². The van der Waals surface area contributed by atoms with Gasteiger partial charge in [-0.1, -0.05) is 42.5 Å². The van der Waals surface area contributed by atoms with Crippen molar-refractivity contribution in [1.29, 1.82) is 0 Å². The average molecular weight is 334 g/mol. The van der Waals surface area contributed by atoms with E-state index in [4.69, 9.17) is 4.74 Å². The highest BCUT2D eigenvalue weighted by Crippen LogP contribution is 2.20. The highest BCUT2D eigenvalue weighted by molar-refractivity contribution is 5.90. The summed E-state index contributed by atoms with van der Waals surface area (Å²) in [4.78, 5) is 18.8. The quantitative estimate of drug-likeness (QED) is 0.664. The minimum absolute atomic E-state index is 0.102. The van der Waals surface area contributed by atoms with E-state index in [1.54, 1.807) is 19.5 Å². The van der Waals surface area contributed by atoms with Gasteiger partial charge in [0.25, 0.3) is 0 Å². The third kappa shape index (κ3) is 4.43. The Balaban J connectivity index is 1.79. The predicted octanol–water partition coefficient (Wildman–Crippen LogP) is 3.45. The fraction of sp³-hybridized carbons (Fsp3) is 0.238. The number of pyridine rings is 1. The Morgan fingerprint density at radius 2 is 1.80 bits per heavy atom. The molecule has 1 amide bonds. The smallest absolute Gasteiger partial charge is 0.227 e. The molecule has 1 heterocycles. The molecule has 0 bridgehead atoms. The van der Waals surface area contributed by atoms with Crippen molar-refractivity contribution in [2.75, 3.05) is 20.3 Å². The van der Waals surface area contributed by atoms with Gasteiger partial charge in [-0.2, -0.15) is 0 Å². The summed E-state index contributed by atoms with van der Waals surface area (Å²) >= 11 is 0. The van der Waals surface area contributed by atoms with E-state index in [-0.39, 0.29) is 5.91 Å². The number of carbonyl (C=O) groups is 1. The van der Waals surface area contributed by atoms with Crippen LogP contribution in [0.2, 0.25) is 0 Å². The van der Waals surface area contributed by atoms with Gasteiger partial charge in [0.15, 0.2) is 0 Å². The maximum atomic E-state index is 12.9. The van der Waals surface area contributed by atoms with Gasteiger partial charge in [-0.3, -0.25) is 9.78 Å². The lowest BCUT2D eigenvalue weighted by molar-refractivity contribution is -0.131. The maximum Gasteiger partial charge on any atom is 0.227 e. The highest BCUT2D eigenvalue weighted by atomic mass is 16.5. The molecule has 25 heavy (non-hydrogen) atoms. The van der Waals surface area contributed by atoms with Crippen LogP contribution in [0.5, 0.6) is 0 Å². The zero-order valence-corrected chi connectivity index (χ0v) is 14.4. The van der Waals surface area contributed by atoms with Crippen LogP contribution < -0.4 is 0 Å². The van der Waals surface area contributed by atoms with Crippen LogP contribution in [-0.2, 0) is 22.5 Å². The van der Waals surface area contributed by atoms with Crippen molar-refractivity contribution < 1.29 is 9.53 Å². The first kappa shape index (κ1) is 17.1. The molecule has 0 spiro atoms. The standard InChI is InChI=1S/C21H22N2O2/c1-25-14-13-23(16-17-9-11-22-12-10-17)21(24)15-19-7-4-6-18-5-2-3-8-20(18)19/h2-12H,13-16H2,1H3. The van der Waals surface area contributed by atoms with Gasteiger partial charge in [-0.25, -0.2) is 0 Å². The molecule has 0 atom stereocenters. The summed E-state index contributed by atoms with van der Waals surface area (Å²) in [6.07, 6.45) is 3.88. The van der Waals surface area contributed by atoms with Gasteiger partial charge < -0.3 is 9.64 Å². The SMILES string of the molecule is COCCN(Cc1ccncc1)C(=O)Cc1cccc2ccccc12. The average Bonchev–Trinajstić information content (AvgIpc) is 2.66. The molecule has 3 rings (SSSR count). The van der Waals surface area contributed by atoms with Gasteiger partial charge in [0.05, 0.1) is 13.0 Å². The fourth-order valence-electron chi connectivity index (χ4n) is 2.92. The summed E-state index contributed by atoms with van der Waals surface area (Å²) in [5, 5.41) is 2.29. The number of ether oxygens (including phenoxy) is 1. The van der Waals surface area contributed by atoms with E-state index in [9.17, 15) is 4.79 Å². The van der Waals surface area contributed by atoms with E-state index >= 15 is 0 Å². The lowest BCUT2D eigenvalue weighted by Gasteiger charge is -2.23. The van der Waals surface area contributed by atoms with Crippen molar-refractivity contribution in [2.24, 2.45) is 0 Å². The summed E-state index contributed by atoms with van der Waals surface area (Å²) in [5.41, 5.74) is 2.12. The lowest BCUT2D eigenvalue weighted by atomic mass is 10.0. The third-order valence-corrected chi connectivity index (χ3v) is 4.26. The molecule has 3 aromatic rings. The third-order valence-electron chi connectivity index (χ3n) is 4.26. The van der Waals surface area contributed by atoms with E-state index < -0.39 is 0 Å². The zero-order valence-electron chi connectivity index (χ0n) is 14.4. The van der Waals surface area contributed by atoms with E-state index in [0.717, 1.165) is 21.9 Å². The van der Waals surface area contributed by atoms with Gasteiger partial charge in [0.2, 0.25) is 5.91 Å². The molecule has 0 aliphatic rings. The second-order valence-corrected chi connectivity index (χ2v) is 5.98. The van der Waals surface area contributed by atoms with Gasteiger partial charge in [-0.05, 0) is 34.0 Å². The number of rotatable bonds is 7. The van der Waals surface area contributed by atoms with E-state index in [1.807, 2.05) is 41.3 Å². The minimum Gasteiger partial charge on any atom is -0.383 e. The summed E-state index contributed by atoms with van der Waals surface area (Å²) in [6, 6.07) is 18.1. The molecule has 0 saturated heterocycles. The van der Waals surface area contributed by atoms with Crippen molar-refractivity contribution in [3.8, 4) is 0 Å². The molecule has 0 aliphatic carbocycles. The van der Waals surface area contributed by atoms with Gasteiger partial charge in [0, 0.05) is 32.6 Å². The van der Waals surface area contributed by atoms with Gasteiger partial charge in [0.1, 0.15) is 0 Å². The van der Waals surface area contributed by atoms with Crippen LogP contribution >= 0.6 is 0 Å². The summed E-state index contributed by atoms with van der Waals surface area (Å²) in [6.45, 7) is 1.66. The number of amides is 1. The number of methoxy groups -OCH3 is 1. The number of hydrogen-bond donors (Lipinski definition) is 0. The fourth-order valence-corrected chi connectivity index (χ4v) is 2.92. The number of carbonyl (C=O) groups excluding carboxylic acids is 1. The van der Waals surface area contributed by atoms with Crippen LogP contribution in [0.1, 0.15) is 11.1 Å². The molecule has 0 fully saturated rings. The molecule has 0 radical (unpaired) electrons. The monoisotopic (exact) mass is 334 g/mol. The Kier molecular flexibility index (Phi) is 5.75. The van der Waals surface area contributed by atoms with Crippen molar-refractivity contribution in [1.82, 2.24) is 9.88 Å². The van der Waals surface area contributed by atoms with Crippen molar-refractivity contribution >= 4 is 16.7 Å². The number of aromatic nitrogens is 1. The first-order valence-electron chi connectivity index (χ1n) is 8.40. The molecule has 0 unspecified atom stereocenters. The summed E-state index contributed by atoms with van der Waals surface area (Å²) < 4.78 is 5.17. The molecule has 0 N–H and O–H groups in total. The van der Waals surface area contributed by atoms with E-state index in [0.29, 0.717) is 26.1 Å². The van der Waals surface area contributed by atoms with Crippen molar-refractivity contribution in [3.05, 3.63) is 78.1 Å². The van der Waals surface area contributed by atoms with Crippen LogP contribution in [0.3, 0.4) is 0 Å². The highest BCUT2D eigenvalue weighted by Gasteiger charge is 2.15. The number of benzene rings is 2. The van der Waals surface area contributed by atoms with Crippen LogP contribution in [0.25, 0.3) is 10.8 Å². The maximum absolute atomic E-state index is 12.9. The second kappa shape index (κ2) is 8.40. The van der Waals surface area contributed by atoms with Crippen molar-refractivity contribution in [3.63, 3.8) is 0 Å². The largest absolute Gasteiger partial charge is 0.383 e. The molecular formula is C21H22N2O2.